The molecule has 2 aliphatic rings. The van der Waals surface area contributed by atoms with Crippen LogP contribution < -0.4 is 10.2 Å². The predicted molar refractivity (Wildman–Crippen MR) is 85.9 cm³/mol. The first kappa shape index (κ1) is 15.3. The highest BCUT2D eigenvalue weighted by Crippen LogP contribution is 2.37. The lowest BCUT2D eigenvalue weighted by atomic mass is 9.97. The van der Waals surface area contributed by atoms with Crippen LogP contribution in [0.3, 0.4) is 0 Å². The highest BCUT2D eigenvalue weighted by Gasteiger charge is 2.45. The van der Waals surface area contributed by atoms with Gasteiger partial charge >= 0.3 is 0 Å². The van der Waals surface area contributed by atoms with Crippen molar-refractivity contribution in [2.75, 3.05) is 29.9 Å². The summed E-state index contributed by atoms with van der Waals surface area (Å²) in [5.41, 5.74) is 0.651. The molecule has 2 aliphatic heterocycles. The molecule has 2 saturated heterocycles. The van der Waals surface area contributed by atoms with Crippen molar-refractivity contribution in [1.82, 2.24) is 9.97 Å². The van der Waals surface area contributed by atoms with E-state index in [1.165, 1.54) is 6.07 Å². The molecule has 4 rings (SSSR count). The standard InChI is InChI=1S/C17H18F2N4O/c18-12-2-1-3-15(6-12)23-5-4-17(11-23)7-14(10-24-17)22-16-20-8-13(19)9-21-16/h1-3,6,8-9,14H,4-5,7,10-11H2,(H,20,21,22)/t14-,17-/m0/s1. The van der Waals surface area contributed by atoms with Gasteiger partial charge in [-0.05, 0) is 24.6 Å². The molecular weight excluding hydrogens is 314 g/mol. The summed E-state index contributed by atoms with van der Waals surface area (Å²) in [6.07, 6.45) is 4.00. The summed E-state index contributed by atoms with van der Waals surface area (Å²) in [5.74, 6) is -0.281. The van der Waals surface area contributed by atoms with Crippen molar-refractivity contribution in [1.29, 1.82) is 0 Å². The first-order valence-electron chi connectivity index (χ1n) is 8.00. The normalized spacial score (nSPS) is 26.2. The van der Waals surface area contributed by atoms with E-state index in [0.29, 0.717) is 12.6 Å². The van der Waals surface area contributed by atoms with Crippen LogP contribution in [0.25, 0.3) is 0 Å². The van der Waals surface area contributed by atoms with E-state index >= 15 is 0 Å². The summed E-state index contributed by atoms with van der Waals surface area (Å²) in [4.78, 5) is 10.0. The van der Waals surface area contributed by atoms with Crippen molar-refractivity contribution in [2.45, 2.75) is 24.5 Å². The zero-order valence-electron chi connectivity index (χ0n) is 13.1. The molecule has 0 unspecified atom stereocenters. The van der Waals surface area contributed by atoms with E-state index in [2.05, 4.69) is 20.2 Å². The Hall–Kier alpha value is -2.28. The van der Waals surface area contributed by atoms with Gasteiger partial charge in [-0.25, -0.2) is 18.7 Å². The van der Waals surface area contributed by atoms with Crippen molar-refractivity contribution in [2.24, 2.45) is 0 Å². The van der Waals surface area contributed by atoms with Crippen LogP contribution in [0, 0.1) is 11.6 Å². The van der Waals surface area contributed by atoms with Gasteiger partial charge in [0.25, 0.3) is 0 Å². The van der Waals surface area contributed by atoms with Crippen molar-refractivity contribution in [3.63, 3.8) is 0 Å². The topological polar surface area (TPSA) is 50.3 Å². The lowest BCUT2D eigenvalue weighted by molar-refractivity contribution is 0.0229. The Kier molecular flexibility index (Phi) is 3.80. The highest BCUT2D eigenvalue weighted by molar-refractivity contribution is 5.48. The predicted octanol–water partition coefficient (Wildman–Crippen LogP) is 2.60. The lowest BCUT2D eigenvalue weighted by Gasteiger charge is -2.24. The molecule has 7 heteroatoms. The number of benzene rings is 1. The van der Waals surface area contributed by atoms with Crippen LogP contribution in [0.2, 0.25) is 0 Å². The SMILES string of the molecule is Fc1cnc(N[C@@H]2CO[C@@]3(CCN(c4cccc(F)c4)C3)C2)nc1. The summed E-state index contributed by atoms with van der Waals surface area (Å²) >= 11 is 0. The fourth-order valence-electron chi connectivity index (χ4n) is 3.53. The Labute approximate surface area is 138 Å². The van der Waals surface area contributed by atoms with Crippen LogP contribution in [0.4, 0.5) is 20.4 Å². The first-order chi connectivity index (χ1) is 11.6. The third kappa shape index (κ3) is 3.03. The monoisotopic (exact) mass is 332 g/mol. The third-order valence-electron chi connectivity index (χ3n) is 4.65. The summed E-state index contributed by atoms with van der Waals surface area (Å²) in [6, 6.07) is 6.73. The Bertz CT molecular complexity index is 727. The fourth-order valence-corrected chi connectivity index (χ4v) is 3.53. The minimum absolute atomic E-state index is 0.0860. The maximum Gasteiger partial charge on any atom is 0.223 e. The van der Waals surface area contributed by atoms with E-state index in [1.807, 2.05) is 6.07 Å². The molecule has 3 heterocycles. The van der Waals surface area contributed by atoms with E-state index in [-0.39, 0.29) is 17.5 Å². The number of hydrogen-bond acceptors (Lipinski definition) is 5. The molecule has 1 spiro atoms. The molecule has 2 fully saturated rings. The Morgan fingerprint density at radius 3 is 2.83 bits per heavy atom. The molecule has 0 radical (unpaired) electrons. The molecule has 1 N–H and O–H groups in total. The fraction of sp³-hybridized carbons (Fsp3) is 0.412. The van der Waals surface area contributed by atoms with E-state index < -0.39 is 5.82 Å². The smallest absolute Gasteiger partial charge is 0.223 e. The lowest BCUT2D eigenvalue weighted by Crippen LogP contribution is -2.33. The Morgan fingerprint density at radius 1 is 1.21 bits per heavy atom. The number of nitrogens with zero attached hydrogens (tertiary/aromatic N) is 3. The van der Waals surface area contributed by atoms with Crippen molar-refractivity contribution >= 4 is 11.6 Å². The van der Waals surface area contributed by atoms with E-state index in [0.717, 1.165) is 44.0 Å². The molecule has 1 aromatic carbocycles. The second kappa shape index (κ2) is 5.98. The Balaban J connectivity index is 1.40. The number of hydrogen-bond donors (Lipinski definition) is 1. The molecule has 126 valence electrons. The van der Waals surface area contributed by atoms with E-state index in [9.17, 15) is 8.78 Å². The van der Waals surface area contributed by atoms with Crippen LogP contribution in [-0.2, 0) is 4.74 Å². The third-order valence-corrected chi connectivity index (χ3v) is 4.65. The van der Waals surface area contributed by atoms with E-state index in [1.54, 1.807) is 12.1 Å². The molecule has 0 saturated carbocycles. The maximum atomic E-state index is 13.4. The second-order valence-corrected chi connectivity index (χ2v) is 6.42. The molecular formula is C17H18F2N4O. The summed E-state index contributed by atoms with van der Waals surface area (Å²) in [5, 5.41) is 3.19. The van der Waals surface area contributed by atoms with Crippen LogP contribution in [0.15, 0.2) is 36.7 Å². The van der Waals surface area contributed by atoms with Gasteiger partial charge in [0, 0.05) is 25.2 Å². The molecule has 1 aromatic heterocycles. The minimum Gasteiger partial charge on any atom is -0.371 e. The molecule has 24 heavy (non-hydrogen) atoms. The molecule has 0 amide bonds. The number of nitrogens with one attached hydrogen (secondary N) is 1. The second-order valence-electron chi connectivity index (χ2n) is 6.42. The van der Waals surface area contributed by atoms with Crippen molar-refractivity contribution in [3.05, 3.63) is 48.3 Å². The summed E-state index contributed by atoms with van der Waals surface area (Å²) in [6.45, 7) is 2.12. The largest absolute Gasteiger partial charge is 0.371 e. The van der Waals surface area contributed by atoms with Gasteiger partial charge in [0.2, 0.25) is 5.95 Å². The molecule has 2 aromatic rings. The number of ether oxygens (including phenoxy) is 1. The van der Waals surface area contributed by atoms with Gasteiger partial charge in [-0.3, -0.25) is 0 Å². The Morgan fingerprint density at radius 2 is 2.04 bits per heavy atom. The minimum atomic E-state index is -0.457. The quantitative estimate of drug-likeness (QED) is 0.936. The van der Waals surface area contributed by atoms with Gasteiger partial charge in [-0.2, -0.15) is 0 Å². The van der Waals surface area contributed by atoms with Crippen LogP contribution in [0.1, 0.15) is 12.8 Å². The number of rotatable bonds is 3. The highest BCUT2D eigenvalue weighted by atomic mass is 19.1. The van der Waals surface area contributed by atoms with Gasteiger partial charge in [0.05, 0.1) is 30.6 Å². The zero-order valence-corrected chi connectivity index (χ0v) is 13.1. The van der Waals surface area contributed by atoms with Gasteiger partial charge in [-0.15, -0.1) is 0 Å². The van der Waals surface area contributed by atoms with E-state index in [4.69, 9.17) is 4.74 Å². The van der Waals surface area contributed by atoms with Crippen LogP contribution in [-0.4, -0.2) is 41.3 Å². The van der Waals surface area contributed by atoms with Crippen LogP contribution >= 0.6 is 0 Å². The molecule has 0 aliphatic carbocycles. The number of aromatic nitrogens is 2. The zero-order chi connectivity index (χ0) is 16.6. The molecule has 5 nitrogen and oxygen atoms in total. The average molecular weight is 332 g/mol. The molecule has 2 atom stereocenters. The van der Waals surface area contributed by atoms with Gasteiger partial charge < -0.3 is 15.0 Å². The number of halogens is 2. The van der Waals surface area contributed by atoms with Gasteiger partial charge in [0.15, 0.2) is 5.82 Å². The van der Waals surface area contributed by atoms with Crippen molar-refractivity contribution < 1.29 is 13.5 Å². The number of anilines is 2. The summed E-state index contributed by atoms with van der Waals surface area (Å²) in [7, 11) is 0. The first-order valence-corrected chi connectivity index (χ1v) is 8.00. The maximum absolute atomic E-state index is 13.4. The summed E-state index contributed by atoms with van der Waals surface area (Å²) < 4.78 is 32.3. The van der Waals surface area contributed by atoms with Crippen molar-refractivity contribution in [3.8, 4) is 0 Å². The average Bonchev–Trinajstić information content (AvgIpc) is 3.17. The van der Waals surface area contributed by atoms with Crippen LogP contribution in [0.5, 0.6) is 0 Å². The molecule has 0 bridgehead atoms. The van der Waals surface area contributed by atoms with Gasteiger partial charge in [0.1, 0.15) is 5.82 Å². The van der Waals surface area contributed by atoms with Gasteiger partial charge in [-0.1, -0.05) is 6.07 Å².